The van der Waals surface area contributed by atoms with Crippen molar-refractivity contribution < 1.29 is 9.59 Å². The summed E-state index contributed by atoms with van der Waals surface area (Å²) in [6, 6.07) is 1.84. The lowest BCUT2D eigenvalue weighted by molar-refractivity contribution is -0.113. The van der Waals surface area contributed by atoms with Crippen LogP contribution < -0.4 is 5.32 Å². The van der Waals surface area contributed by atoms with Crippen LogP contribution in [0.3, 0.4) is 0 Å². The number of anilines is 1. The highest BCUT2D eigenvalue weighted by molar-refractivity contribution is 6.29. The third-order valence-electron chi connectivity index (χ3n) is 2.46. The molecular weight excluding hydrogens is 226 g/mol. The third kappa shape index (κ3) is 2.42. The van der Waals surface area contributed by atoms with Gasteiger partial charge in [0.05, 0.1) is 0 Å². The maximum atomic E-state index is 11.2. The van der Waals surface area contributed by atoms with Gasteiger partial charge in [-0.1, -0.05) is 6.07 Å². The summed E-state index contributed by atoms with van der Waals surface area (Å²) in [6.45, 7) is 5.50. The molecule has 4 heteroatoms. The molecule has 1 radical (unpaired) electrons. The lowest BCUT2D eigenvalue weighted by Crippen LogP contribution is -2.15. The van der Waals surface area contributed by atoms with Crippen molar-refractivity contribution in [1.29, 1.82) is 0 Å². The Morgan fingerprint density at radius 3 is 2.50 bits per heavy atom. The molecule has 1 aromatic carbocycles. The second-order valence-electron chi connectivity index (χ2n) is 3.67. The van der Waals surface area contributed by atoms with Crippen molar-refractivity contribution in [3.05, 3.63) is 28.3 Å². The second-order valence-corrected chi connectivity index (χ2v) is 3.94. The van der Waals surface area contributed by atoms with E-state index in [1.54, 1.807) is 6.92 Å². The molecule has 16 heavy (non-hydrogen) atoms. The number of nitrogens with one attached hydrogen (secondary N) is 1. The van der Waals surface area contributed by atoms with E-state index in [1.807, 2.05) is 26.2 Å². The number of rotatable bonds is 3. The first-order chi connectivity index (χ1) is 7.51. The van der Waals surface area contributed by atoms with Gasteiger partial charge in [0.2, 0.25) is 12.2 Å². The van der Waals surface area contributed by atoms with Crippen molar-refractivity contribution in [1.82, 2.24) is 0 Å². The Morgan fingerprint density at radius 1 is 1.38 bits per heavy atom. The number of amides is 1. The molecule has 3 nitrogen and oxygen atoms in total. The first-order valence-corrected chi connectivity index (χ1v) is 5.39. The molecule has 1 aromatic rings. The smallest absolute Gasteiger partial charge is 0.239 e. The standard InChI is InChI=1S/C12H13ClNO2/c1-7-4-8(2)12(14-11(16)5-13)9(3)10(7)6-15/h4H,5H2,1-3H3,(H,14,16). The van der Waals surface area contributed by atoms with Crippen molar-refractivity contribution in [3.8, 4) is 0 Å². The van der Waals surface area contributed by atoms with Crippen molar-refractivity contribution >= 4 is 29.5 Å². The van der Waals surface area contributed by atoms with Crippen LogP contribution >= 0.6 is 11.6 Å². The fourth-order valence-corrected chi connectivity index (χ4v) is 1.77. The average Bonchev–Trinajstić information content (AvgIpc) is 2.24. The molecule has 0 saturated carbocycles. The van der Waals surface area contributed by atoms with Crippen LogP contribution in [-0.4, -0.2) is 18.1 Å². The molecule has 0 atom stereocenters. The predicted octanol–water partition coefficient (Wildman–Crippen LogP) is 2.25. The van der Waals surface area contributed by atoms with E-state index >= 15 is 0 Å². The zero-order valence-corrected chi connectivity index (χ0v) is 10.2. The summed E-state index contributed by atoms with van der Waals surface area (Å²) in [5, 5.41) is 2.68. The highest BCUT2D eigenvalue weighted by Crippen LogP contribution is 2.25. The maximum Gasteiger partial charge on any atom is 0.239 e. The van der Waals surface area contributed by atoms with Crippen LogP contribution in [0.5, 0.6) is 0 Å². The summed E-state index contributed by atoms with van der Waals surface area (Å²) in [7, 11) is 0. The Morgan fingerprint density at radius 2 is 2.00 bits per heavy atom. The summed E-state index contributed by atoms with van der Waals surface area (Å²) in [6.07, 6.45) is 1.89. The SMILES string of the molecule is Cc1cc(C)c(NC(=O)CCl)c(C)c1[C]=O. The molecule has 0 bridgehead atoms. The fraction of sp³-hybridized carbons (Fsp3) is 0.333. The first kappa shape index (κ1) is 12.7. The average molecular weight is 239 g/mol. The lowest BCUT2D eigenvalue weighted by Gasteiger charge is -2.14. The predicted molar refractivity (Wildman–Crippen MR) is 64.8 cm³/mol. The fourth-order valence-electron chi connectivity index (χ4n) is 1.71. The molecule has 0 spiro atoms. The molecule has 1 amide bonds. The molecule has 0 aliphatic heterocycles. The Balaban J connectivity index is 3.28. The van der Waals surface area contributed by atoms with Crippen LogP contribution in [0.2, 0.25) is 0 Å². The monoisotopic (exact) mass is 238 g/mol. The van der Waals surface area contributed by atoms with Crippen molar-refractivity contribution in [2.45, 2.75) is 20.8 Å². The molecule has 1 N–H and O–H groups in total. The van der Waals surface area contributed by atoms with E-state index in [4.69, 9.17) is 11.6 Å². The Hall–Kier alpha value is -1.35. The molecular formula is C12H13ClNO2. The second kappa shape index (κ2) is 5.12. The normalized spacial score (nSPS) is 10.0. The van der Waals surface area contributed by atoms with Crippen LogP contribution in [0.4, 0.5) is 5.69 Å². The molecule has 0 aliphatic rings. The van der Waals surface area contributed by atoms with Gasteiger partial charge in [0.15, 0.2) is 0 Å². The van der Waals surface area contributed by atoms with Gasteiger partial charge in [0, 0.05) is 11.3 Å². The number of carbonyl (C=O) groups excluding carboxylic acids is 2. The van der Waals surface area contributed by atoms with Gasteiger partial charge in [-0.3, -0.25) is 9.59 Å². The van der Waals surface area contributed by atoms with Gasteiger partial charge in [-0.2, -0.15) is 0 Å². The Kier molecular flexibility index (Phi) is 4.07. The van der Waals surface area contributed by atoms with Gasteiger partial charge in [-0.15, -0.1) is 11.6 Å². The van der Waals surface area contributed by atoms with Crippen LogP contribution in [0.15, 0.2) is 6.07 Å². The van der Waals surface area contributed by atoms with Gasteiger partial charge in [0.25, 0.3) is 0 Å². The van der Waals surface area contributed by atoms with Crippen LogP contribution in [0.25, 0.3) is 0 Å². The zero-order chi connectivity index (χ0) is 12.3. The Labute approximate surface area is 99.8 Å². The summed E-state index contributed by atoms with van der Waals surface area (Å²) in [5.74, 6) is -0.388. The van der Waals surface area contributed by atoms with E-state index in [9.17, 15) is 9.59 Å². The first-order valence-electron chi connectivity index (χ1n) is 4.86. The summed E-state index contributed by atoms with van der Waals surface area (Å²) >= 11 is 5.42. The highest BCUT2D eigenvalue weighted by atomic mass is 35.5. The number of hydrogen-bond acceptors (Lipinski definition) is 2. The van der Waals surface area contributed by atoms with E-state index in [-0.39, 0.29) is 11.8 Å². The third-order valence-corrected chi connectivity index (χ3v) is 2.70. The van der Waals surface area contributed by atoms with Gasteiger partial charge in [-0.05, 0) is 37.5 Å². The van der Waals surface area contributed by atoms with Gasteiger partial charge in [-0.25, -0.2) is 0 Å². The minimum absolute atomic E-state index is 0.104. The molecule has 0 fully saturated rings. The van der Waals surface area contributed by atoms with E-state index in [0.29, 0.717) is 11.3 Å². The van der Waals surface area contributed by atoms with Gasteiger partial charge < -0.3 is 5.32 Å². The quantitative estimate of drug-likeness (QED) is 0.821. The maximum absolute atomic E-state index is 11.2. The minimum Gasteiger partial charge on any atom is -0.325 e. The minimum atomic E-state index is -0.284. The van der Waals surface area contributed by atoms with Crippen LogP contribution in [0.1, 0.15) is 22.3 Å². The highest BCUT2D eigenvalue weighted by Gasteiger charge is 2.12. The van der Waals surface area contributed by atoms with E-state index in [1.165, 1.54) is 0 Å². The number of halogens is 1. The number of hydrogen-bond donors (Lipinski definition) is 1. The largest absolute Gasteiger partial charge is 0.325 e. The van der Waals surface area contributed by atoms with Gasteiger partial charge in [0.1, 0.15) is 5.88 Å². The van der Waals surface area contributed by atoms with Crippen molar-refractivity contribution in [3.63, 3.8) is 0 Å². The Bertz CT molecular complexity index is 441. The number of aryl methyl sites for hydroxylation is 2. The zero-order valence-electron chi connectivity index (χ0n) is 9.48. The molecule has 0 heterocycles. The molecule has 85 valence electrons. The van der Waals surface area contributed by atoms with Crippen molar-refractivity contribution in [2.75, 3.05) is 11.2 Å². The topological polar surface area (TPSA) is 46.2 Å². The summed E-state index contributed by atoms with van der Waals surface area (Å²) in [4.78, 5) is 22.0. The lowest BCUT2D eigenvalue weighted by atomic mass is 9.98. The molecule has 0 unspecified atom stereocenters. The number of benzene rings is 1. The molecule has 0 saturated heterocycles. The number of carbonyl (C=O) groups is 1. The van der Waals surface area contributed by atoms with Crippen molar-refractivity contribution in [2.24, 2.45) is 0 Å². The van der Waals surface area contributed by atoms with E-state index in [2.05, 4.69) is 5.32 Å². The van der Waals surface area contributed by atoms with Crippen LogP contribution in [-0.2, 0) is 9.59 Å². The van der Waals surface area contributed by atoms with Crippen LogP contribution in [0, 0.1) is 20.8 Å². The molecule has 0 aromatic heterocycles. The summed E-state index contributed by atoms with van der Waals surface area (Å²) < 4.78 is 0. The molecule has 0 aliphatic carbocycles. The van der Waals surface area contributed by atoms with Gasteiger partial charge >= 0.3 is 0 Å². The van der Waals surface area contributed by atoms with E-state index < -0.39 is 0 Å². The van der Waals surface area contributed by atoms with E-state index in [0.717, 1.165) is 16.7 Å². The number of alkyl halides is 1. The summed E-state index contributed by atoms with van der Waals surface area (Å²) in [5.41, 5.74) is 3.64. The molecule has 1 rings (SSSR count).